The molecule has 0 amide bonds. The number of carbonyl (C=O) groups is 3. The SMILES string of the molecule is COC(=O)C(CC(=O)c1ccccc1)CC(=O)c1ccc(Cl)cc1. The Morgan fingerprint density at radius 1 is 0.875 bits per heavy atom. The first-order chi connectivity index (χ1) is 11.5. The molecule has 2 aromatic carbocycles. The second-order valence-electron chi connectivity index (χ2n) is 5.35. The van der Waals surface area contributed by atoms with Gasteiger partial charge in [-0.1, -0.05) is 41.9 Å². The Hall–Kier alpha value is -2.46. The number of Topliss-reactive ketones (excluding diaryl/α,β-unsaturated/α-hetero) is 2. The number of halogens is 1. The van der Waals surface area contributed by atoms with Gasteiger partial charge in [0.25, 0.3) is 0 Å². The largest absolute Gasteiger partial charge is 0.469 e. The lowest BCUT2D eigenvalue weighted by atomic mass is 9.92. The van der Waals surface area contributed by atoms with Crippen molar-refractivity contribution in [3.8, 4) is 0 Å². The molecule has 24 heavy (non-hydrogen) atoms. The maximum Gasteiger partial charge on any atom is 0.309 e. The van der Waals surface area contributed by atoms with E-state index in [9.17, 15) is 14.4 Å². The molecule has 1 atom stereocenters. The Kier molecular flexibility index (Phi) is 6.27. The van der Waals surface area contributed by atoms with Crippen LogP contribution in [0.3, 0.4) is 0 Å². The number of carbonyl (C=O) groups excluding carboxylic acids is 3. The molecule has 0 saturated heterocycles. The van der Waals surface area contributed by atoms with Gasteiger partial charge in [0.2, 0.25) is 0 Å². The zero-order valence-electron chi connectivity index (χ0n) is 13.2. The summed E-state index contributed by atoms with van der Waals surface area (Å²) in [5.74, 6) is -1.81. The van der Waals surface area contributed by atoms with Gasteiger partial charge >= 0.3 is 5.97 Å². The average Bonchev–Trinajstić information content (AvgIpc) is 2.61. The third-order valence-corrected chi connectivity index (χ3v) is 3.91. The molecule has 0 aromatic heterocycles. The molecule has 5 heteroatoms. The second-order valence-corrected chi connectivity index (χ2v) is 5.78. The predicted octanol–water partition coefficient (Wildman–Crippen LogP) is 3.98. The third-order valence-electron chi connectivity index (χ3n) is 3.66. The normalized spacial score (nSPS) is 11.6. The van der Waals surface area contributed by atoms with E-state index in [1.165, 1.54) is 7.11 Å². The van der Waals surface area contributed by atoms with Crippen LogP contribution in [0.25, 0.3) is 0 Å². The molecule has 0 spiro atoms. The van der Waals surface area contributed by atoms with Crippen LogP contribution in [0, 0.1) is 5.92 Å². The monoisotopic (exact) mass is 344 g/mol. The summed E-state index contributed by atoms with van der Waals surface area (Å²) >= 11 is 5.80. The summed E-state index contributed by atoms with van der Waals surface area (Å²) < 4.78 is 4.74. The first-order valence-corrected chi connectivity index (χ1v) is 7.84. The van der Waals surface area contributed by atoms with E-state index < -0.39 is 11.9 Å². The molecule has 0 fully saturated rings. The summed E-state index contributed by atoms with van der Waals surface area (Å²) in [6.45, 7) is 0. The standard InChI is InChI=1S/C19H17ClO4/c1-24-19(23)15(11-17(21)13-5-3-2-4-6-13)12-18(22)14-7-9-16(20)10-8-14/h2-10,15H,11-12H2,1H3. The highest BCUT2D eigenvalue weighted by atomic mass is 35.5. The molecule has 0 aliphatic rings. The Morgan fingerprint density at radius 2 is 1.38 bits per heavy atom. The van der Waals surface area contributed by atoms with Crippen molar-refractivity contribution in [3.63, 3.8) is 0 Å². The topological polar surface area (TPSA) is 60.4 Å². The molecule has 2 rings (SSSR count). The van der Waals surface area contributed by atoms with Gasteiger partial charge in [0.1, 0.15) is 0 Å². The number of hydrogen-bond donors (Lipinski definition) is 0. The van der Waals surface area contributed by atoms with Crippen LogP contribution in [-0.2, 0) is 9.53 Å². The average molecular weight is 345 g/mol. The van der Waals surface area contributed by atoms with Gasteiger partial charge in [-0.25, -0.2) is 0 Å². The molecule has 4 nitrogen and oxygen atoms in total. The Balaban J connectivity index is 2.11. The number of ketones is 2. The lowest BCUT2D eigenvalue weighted by Crippen LogP contribution is -2.23. The summed E-state index contributed by atoms with van der Waals surface area (Å²) in [5.41, 5.74) is 0.950. The number of esters is 1. The molecule has 1 unspecified atom stereocenters. The number of benzene rings is 2. The van der Waals surface area contributed by atoms with E-state index in [1.54, 1.807) is 54.6 Å². The highest BCUT2D eigenvalue weighted by Crippen LogP contribution is 2.19. The highest BCUT2D eigenvalue weighted by Gasteiger charge is 2.26. The van der Waals surface area contributed by atoms with Crippen LogP contribution in [0.2, 0.25) is 5.02 Å². The fourth-order valence-corrected chi connectivity index (χ4v) is 2.47. The van der Waals surface area contributed by atoms with E-state index in [0.29, 0.717) is 16.1 Å². The molecule has 2 aromatic rings. The molecule has 0 aliphatic carbocycles. The van der Waals surface area contributed by atoms with Crippen molar-refractivity contribution in [1.82, 2.24) is 0 Å². The van der Waals surface area contributed by atoms with Crippen molar-refractivity contribution < 1.29 is 19.1 Å². The van der Waals surface area contributed by atoms with Crippen LogP contribution in [0.4, 0.5) is 0 Å². The quantitative estimate of drug-likeness (QED) is 0.563. The fraction of sp³-hybridized carbons (Fsp3) is 0.211. The minimum absolute atomic E-state index is 0.0734. The molecule has 0 saturated carbocycles. The van der Waals surface area contributed by atoms with Gasteiger partial charge in [-0.15, -0.1) is 0 Å². The van der Waals surface area contributed by atoms with Crippen LogP contribution in [0.15, 0.2) is 54.6 Å². The number of hydrogen-bond acceptors (Lipinski definition) is 4. The van der Waals surface area contributed by atoms with Crippen molar-refractivity contribution >= 4 is 29.1 Å². The highest BCUT2D eigenvalue weighted by molar-refractivity contribution is 6.30. The van der Waals surface area contributed by atoms with E-state index in [2.05, 4.69) is 0 Å². The second kappa shape index (κ2) is 8.41. The number of ether oxygens (including phenoxy) is 1. The first kappa shape index (κ1) is 17.9. The van der Waals surface area contributed by atoms with E-state index >= 15 is 0 Å². The first-order valence-electron chi connectivity index (χ1n) is 7.46. The molecular formula is C19H17ClO4. The summed E-state index contributed by atoms with van der Waals surface area (Å²) in [7, 11) is 1.25. The van der Waals surface area contributed by atoms with Crippen molar-refractivity contribution in [1.29, 1.82) is 0 Å². The number of methoxy groups -OCH3 is 1. The Labute approximate surface area is 145 Å². The summed E-state index contributed by atoms with van der Waals surface area (Å²) in [6, 6.07) is 15.1. The lowest BCUT2D eigenvalue weighted by Gasteiger charge is -2.13. The summed E-state index contributed by atoms with van der Waals surface area (Å²) in [4.78, 5) is 36.6. The van der Waals surface area contributed by atoms with Crippen LogP contribution < -0.4 is 0 Å². The minimum atomic E-state index is -0.814. The minimum Gasteiger partial charge on any atom is -0.469 e. The Morgan fingerprint density at radius 3 is 1.88 bits per heavy atom. The van der Waals surface area contributed by atoms with Gasteiger partial charge in [-0.2, -0.15) is 0 Å². The van der Waals surface area contributed by atoms with Crippen LogP contribution >= 0.6 is 11.6 Å². The van der Waals surface area contributed by atoms with Gasteiger partial charge in [0, 0.05) is 29.0 Å². The van der Waals surface area contributed by atoms with Gasteiger partial charge in [-0.05, 0) is 24.3 Å². The van der Waals surface area contributed by atoms with Crippen molar-refractivity contribution in [2.75, 3.05) is 7.11 Å². The van der Waals surface area contributed by atoms with Gasteiger partial charge in [-0.3, -0.25) is 14.4 Å². The molecule has 0 N–H and O–H groups in total. The predicted molar refractivity (Wildman–Crippen MR) is 91.3 cm³/mol. The van der Waals surface area contributed by atoms with Gasteiger partial charge < -0.3 is 4.74 Å². The summed E-state index contributed by atoms with van der Waals surface area (Å²) in [5, 5.41) is 0.523. The smallest absolute Gasteiger partial charge is 0.309 e. The maximum atomic E-state index is 12.3. The third kappa shape index (κ3) is 4.77. The zero-order chi connectivity index (χ0) is 17.5. The van der Waals surface area contributed by atoms with E-state index in [0.717, 1.165) is 0 Å². The van der Waals surface area contributed by atoms with Crippen molar-refractivity contribution in [2.24, 2.45) is 5.92 Å². The van der Waals surface area contributed by atoms with Crippen molar-refractivity contribution in [3.05, 3.63) is 70.7 Å². The lowest BCUT2D eigenvalue weighted by molar-refractivity contribution is -0.145. The van der Waals surface area contributed by atoms with E-state index in [4.69, 9.17) is 16.3 Å². The molecule has 0 radical (unpaired) electrons. The molecule has 124 valence electrons. The van der Waals surface area contributed by atoms with Crippen LogP contribution in [0.1, 0.15) is 33.6 Å². The van der Waals surface area contributed by atoms with Crippen LogP contribution in [-0.4, -0.2) is 24.6 Å². The van der Waals surface area contributed by atoms with Gasteiger partial charge in [0.05, 0.1) is 13.0 Å². The van der Waals surface area contributed by atoms with E-state index in [-0.39, 0.29) is 24.4 Å². The van der Waals surface area contributed by atoms with Crippen LogP contribution in [0.5, 0.6) is 0 Å². The number of rotatable bonds is 7. The van der Waals surface area contributed by atoms with Gasteiger partial charge in [0.15, 0.2) is 11.6 Å². The summed E-state index contributed by atoms with van der Waals surface area (Å²) in [6.07, 6.45) is -0.164. The Bertz CT molecular complexity index is 723. The zero-order valence-corrected chi connectivity index (χ0v) is 14.0. The molecule has 0 heterocycles. The molecule has 0 bridgehead atoms. The molecule has 0 aliphatic heterocycles. The van der Waals surface area contributed by atoms with Crippen molar-refractivity contribution in [2.45, 2.75) is 12.8 Å². The van der Waals surface area contributed by atoms with E-state index in [1.807, 2.05) is 0 Å². The maximum absolute atomic E-state index is 12.3. The molecular weight excluding hydrogens is 328 g/mol. The fourth-order valence-electron chi connectivity index (χ4n) is 2.35.